The average Bonchev–Trinajstić information content (AvgIpc) is 2.03. The van der Waals surface area contributed by atoms with Crippen LogP contribution in [-0.4, -0.2) is 13.4 Å². The van der Waals surface area contributed by atoms with Crippen molar-refractivity contribution in [2.24, 2.45) is 4.36 Å². The van der Waals surface area contributed by atoms with Crippen molar-refractivity contribution < 1.29 is 8.42 Å². The molecule has 0 radical (unpaired) electrons. The molecule has 1 rings (SSSR count). The zero-order valence-electron chi connectivity index (χ0n) is 6.14. The van der Waals surface area contributed by atoms with E-state index in [-0.39, 0.29) is 5.82 Å². The fourth-order valence-corrected chi connectivity index (χ4v) is 0.940. The lowest BCUT2D eigenvalue weighted by Gasteiger charge is -1.90. The Balaban J connectivity index is 3.19. The van der Waals surface area contributed by atoms with Gasteiger partial charge in [0.05, 0.1) is 0 Å². The number of rotatable bonds is 2. The van der Waals surface area contributed by atoms with Crippen molar-refractivity contribution >= 4 is 22.4 Å². The Morgan fingerprint density at radius 2 is 2.33 bits per heavy atom. The van der Waals surface area contributed by atoms with Crippen LogP contribution >= 0.6 is 0 Å². The van der Waals surface area contributed by atoms with Crippen LogP contribution in [0.5, 0.6) is 0 Å². The summed E-state index contributed by atoms with van der Waals surface area (Å²) in [6, 6.07) is 3.24. The molecule has 0 aliphatic rings. The molecule has 5 heteroatoms. The van der Waals surface area contributed by atoms with Crippen LogP contribution in [-0.2, 0) is 10.5 Å². The molecule has 62 valence electrons. The molecular weight excluding hydrogens is 176 g/mol. The van der Waals surface area contributed by atoms with E-state index in [0.29, 0.717) is 0 Å². The van der Waals surface area contributed by atoms with E-state index in [1.807, 2.05) is 0 Å². The maximum atomic E-state index is 10.1. The molecular formula is C7H6N2O2S. The average molecular weight is 182 g/mol. The molecule has 0 unspecified atom stereocenters. The molecule has 0 bridgehead atoms. The standard InChI is InChI=1S/C7H6N2O2S/c1-2-6-3-4-8-7(5-6)9-12(10)11/h2-5H,1H2. The second-order valence-corrected chi connectivity index (χ2v) is 2.58. The lowest BCUT2D eigenvalue weighted by Crippen LogP contribution is -1.75. The van der Waals surface area contributed by atoms with Crippen molar-refractivity contribution in [1.82, 2.24) is 4.98 Å². The second kappa shape index (κ2) is 3.77. The summed E-state index contributed by atoms with van der Waals surface area (Å²) >= 11 is 0. The molecule has 1 aromatic rings. The summed E-state index contributed by atoms with van der Waals surface area (Å²) in [6.45, 7) is 3.53. The monoisotopic (exact) mass is 182 g/mol. The molecule has 0 aromatic carbocycles. The third-order valence-corrected chi connectivity index (χ3v) is 1.51. The lowest BCUT2D eigenvalue weighted by atomic mass is 10.3. The Bertz CT molecular complexity index is 415. The molecule has 0 saturated heterocycles. The van der Waals surface area contributed by atoms with Crippen LogP contribution in [0.25, 0.3) is 6.08 Å². The van der Waals surface area contributed by atoms with Gasteiger partial charge in [0.2, 0.25) is 0 Å². The first-order valence-corrected chi connectivity index (χ1v) is 4.15. The maximum absolute atomic E-state index is 10.1. The van der Waals surface area contributed by atoms with Crippen molar-refractivity contribution in [1.29, 1.82) is 0 Å². The van der Waals surface area contributed by atoms with Crippen LogP contribution < -0.4 is 0 Å². The molecule has 12 heavy (non-hydrogen) atoms. The van der Waals surface area contributed by atoms with Gasteiger partial charge in [0.25, 0.3) is 0 Å². The number of hydrogen-bond donors (Lipinski definition) is 0. The number of nitrogens with zero attached hydrogens (tertiary/aromatic N) is 2. The van der Waals surface area contributed by atoms with E-state index in [1.54, 1.807) is 12.1 Å². The van der Waals surface area contributed by atoms with Gasteiger partial charge in [-0.15, -0.1) is 4.36 Å². The molecule has 0 atom stereocenters. The summed E-state index contributed by atoms with van der Waals surface area (Å²) < 4.78 is 23.5. The van der Waals surface area contributed by atoms with Crippen LogP contribution in [0.2, 0.25) is 0 Å². The summed E-state index contributed by atoms with van der Waals surface area (Å²) in [4.78, 5) is 3.72. The Morgan fingerprint density at radius 3 is 2.92 bits per heavy atom. The fourth-order valence-electron chi connectivity index (χ4n) is 0.687. The van der Waals surface area contributed by atoms with Crippen LogP contribution in [0.15, 0.2) is 29.3 Å². The minimum Gasteiger partial charge on any atom is -0.236 e. The van der Waals surface area contributed by atoms with Gasteiger partial charge in [0.15, 0.2) is 5.82 Å². The van der Waals surface area contributed by atoms with Gasteiger partial charge >= 0.3 is 10.5 Å². The molecule has 0 N–H and O–H groups in total. The van der Waals surface area contributed by atoms with Gasteiger partial charge < -0.3 is 0 Å². The SMILES string of the molecule is C=Cc1ccnc(N=S(=O)=O)c1. The first-order valence-electron chi connectivity index (χ1n) is 3.12. The zero-order chi connectivity index (χ0) is 8.97. The van der Waals surface area contributed by atoms with Crippen LogP contribution in [0.3, 0.4) is 0 Å². The molecule has 4 nitrogen and oxygen atoms in total. The van der Waals surface area contributed by atoms with Gasteiger partial charge in [-0.2, -0.15) is 8.42 Å². The number of aromatic nitrogens is 1. The Kier molecular flexibility index (Phi) is 2.71. The highest BCUT2D eigenvalue weighted by molar-refractivity contribution is 7.61. The van der Waals surface area contributed by atoms with Crippen LogP contribution in [0.1, 0.15) is 5.56 Å². The fraction of sp³-hybridized carbons (Fsp3) is 0. The van der Waals surface area contributed by atoms with E-state index in [2.05, 4.69) is 15.9 Å². The molecule has 0 amide bonds. The minimum atomic E-state index is -2.45. The third-order valence-electron chi connectivity index (χ3n) is 1.17. The second-order valence-electron chi connectivity index (χ2n) is 1.96. The first-order chi connectivity index (χ1) is 5.72. The summed E-state index contributed by atoms with van der Waals surface area (Å²) in [5.41, 5.74) is 0.786. The topological polar surface area (TPSA) is 59.4 Å². The highest BCUT2D eigenvalue weighted by Crippen LogP contribution is 2.10. The molecule has 1 aromatic heterocycles. The normalized spacial score (nSPS) is 9.00. The largest absolute Gasteiger partial charge is 0.317 e. The van der Waals surface area contributed by atoms with E-state index in [1.165, 1.54) is 12.3 Å². The van der Waals surface area contributed by atoms with Gasteiger partial charge in [-0.3, -0.25) is 0 Å². The van der Waals surface area contributed by atoms with Gasteiger partial charge in [-0.25, -0.2) is 4.98 Å². The number of hydrogen-bond acceptors (Lipinski definition) is 4. The van der Waals surface area contributed by atoms with Crippen molar-refractivity contribution in [3.05, 3.63) is 30.5 Å². The summed E-state index contributed by atoms with van der Waals surface area (Å²) in [7, 11) is -2.45. The minimum absolute atomic E-state index is 0.167. The predicted octanol–water partition coefficient (Wildman–Crippen LogP) is 1.42. The van der Waals surface area contributed by atoms with Crippen molar-refractivity contribution in [3.63, 3.8) is 0 Å². The van der Waals surface area contributed by atoms with E-state index in [0.717, 1.165) is 5.56 Å². The first kappa shape index (κ1) is 8.61. The Labute approximate surface area is 71.3 Å². The van der Waals surface area contributed by atoms with E-state index in [9.17, 15) is 8.42 Å². The lowest BCUT2D eigenvalue weighted by molar-refractivity contribution is 0.622. The summed E-state index contributed by atoms with van der Waals surface area (Å²) in [5.74, 6) is 0.167. The van der Waals surface area contributed by atoms with E-state index >= 15 is 0 Å². The zero-order valence-corrected chi connectivity index (χ0v) is 6.95. The summed E-state index contributed by atoms with van der Waals surface area (Å²) in [6.07, 6.45) is 3.07. The van der Waals surface area contributed by atoms with Gasteiger partial charge in [-0.05, 0) is 17.7 Å². The van der Waals surface area contributed by atoms with Gasteiger partial charge in [0, 0.05) is 6.20 Å². The smallest absolute Gasteiger partial charge is 0.236 e. The highest BCUT2D eigenvalue weighted by Gasteiger charge is 1.91. The predicted molar refractivity (Wildman–Crippen MR) is 45.3 cm³/mol. The Morgan fingerprint density at radius 1 is 1.58 bits per heavy atom. The molecule has 0 aliphatic heterocycles. The molecule has 0 aliphatic carbocycles. The van der Waals surface area contributed by atoms with Crippen molar-refractivity contribution in [2.75, 3.05) is 0 Å². The van der Waals surface area contributed by atoms with Crippen molar-refractivity contribution in [3.8, 4) is 0 Å². The Hall–Kier alpha value is -1.49. The van der Waals surface area contributed by atoms with Crippen LogP contribution in [0, 0.1) is 0 Å². The van der Waals surface area contributed by atoms with Crippen molar-refractivity contribution in [2.45, 2.75) is 0 Å². The van der Waals surface area contributed by atoms with E-state index in [4.69, 9.17) is 0 Å². The van der Waals surface area contributed by atoms with E-state index < -0.39 is 10.5 Å². The highest BCUT2D eigenvalue weighted by atomic mass is 32.2. The third kappa shape index (κ3) is 2.28. The molecule has 1 heterocycles. The maximum Gasteiger partial charge on any atom is 0.317 e. The van der Waals surface area contributed by atoms with Gasteiger partial charge in [0.1, 0.15) is 0 Å². The molecule has 0 saturated carbocycles. The molecule has 0 spiro atoms. The number of pyridine rings is 1. The molecule has 0 fully saturated rings. The quantitative estimate of drug-likeness (QED) is 0.694. The van der Waals surface area contributed by atoms with Crippen LogP contribution in [0.4, 0.5) is 5.82 Å². The van der Waals surface area contributed by atoms with Gasteiger partial charge in [-0.1, -0.05) is 12.7 Å². The summed E-state index contributed by atoms with van der Waals surface area (Å²) in [5, 5.41) is 0.